The second-order valence-electron chi connectivity index (χ2n) is 12.5. The summed E-state index contributed by atoms with van der Waals surface area (Å²) in [5.74, 6) is 3.83. The summed E-state index contributed by atoms with van der Waals surface area (Å²) in [4.78, 5) is 4.39. The van der Waals surface area contributed by atoms with E-state index < -0.39 is 0 Å². The van der Waals surface area contributed by atoms with Crippen LogP contribution in [0.15, 0.2) is 52.9 Å². The number of para-hydroxylation sites is 2. The number of aromatic nitrogens is 1. The van der Waals surface area contributed by atoms with Crippen LogP contribution < -0.4 is 0 Å². The minimum atomic E-state index is -0.232. The van der Waals surface area contributed by atoms with Gasteiger partial charge in [-0.25, -0.2) is 0 Å². The van der Waals surface area contributed by atoms with Gasteiger partial charge in [-0.1, -0.05) is 75.5 Å². The van der Waals surface area contributed by atoms with Gasteiger partial charge < -0.3 is 14.6 Å². The molecule has 1 radical (unpaired) electrons. The normalized spacial score (nSPS) is 31.6. The molecule has 1 heterocycles. The largest absolute Gasteiger partial charge is 0.481 e. The van der Waals surface area contributed by atoms with Crippen LogP contribution in [0.25, 0.3) is 22.6 Å². The van der Waals surface area contributed by atoms with Crippen LogP contribution in [0.4, 0.5) is 0 Å². The zero-order valence-corrected chi connectivity index (χ0v) is 25.4. The maximum atomic E-state index is 11.3. The molecule has 39 heavy (non-hydrogen) atoms. The van der Waals surface area contributed by atoms with E-state index in [0.29, 0.717) is 23.6 Å². The van der Waals surface area contributed by atoms with Crippen molar-refractivity contribution in [2.75, 3.05) is 0 Å². The van der Waals surface area contributed by atoms with Gasteiger partial charge in [-0.15, -0.1) is 30.3 Å². The van der Waals surface area contributed by atoms with Crippen LogP contribution in [0, 0.1) is 41.6 Å². The third-order valence-corrected chi connectivity index (χ3v) is 10.4. The topological polar surface area (TPSA) is 66.5 Å². The minimum absolute atomic E-state index is 0. The van der Waals surface area contributed by atoms with Gasteiger partial charge in [0, 0.05) is 26.0 Å². The van der Waals surface area contributed by atoms with E-state index in [1.165, 1.54) is 83.5 Å². The molecule has 4 aliphatic carbocycles. The number of fused-ring (bicyclic) bond motifs is 2. The Bertz CT molecular complexity index is 1120. The fourth-order valence-corrected chi connectivity index (χ4v) is 8.54. The van der Waals surface area contributed by atoms with Gasteiger partial charge >= 0.3 is 0 Å². The van der Waals surface area contributed by atoms with E-state index in [9.17, 15) is 10.2 Å². The average molecular weight is 707 g/mol. The molecule has 0 amide bonds. The van der Waals surface area contributed by atoms with Gasteiger partial charge in [0.15, 0.2) is 0 Å². The van der Waals surface area contributed by atoms with Crippen molar-refractivity contribution in [1.29, 1.82) is 0 Å². The van der Waals surface area contributed by atoms with E-state index in [2.05, 4.69) is 11.1 Å². The number of nitrogens with zero attached hydrogens (tertiary/aromatic N) is 1. The van der Waals surface area contributed by atoms with Crippen molar-refractivity contribution >= 4 is 11.1 Å². The Morgan fingerprint density at radius 1 is 0.667 bits per heavy atom. The molecular weight excluding hydrogens is 663 g/mol. The Morgan fingerprint density at radius 2 is 1.28 bits per heavy atom. The first-order chi connectivity index (χ1) is 18.7. The van der Waals surface area contributed by atoms with Crippen LogP contribution in [0.1, 0.15) is 83.5 Å². The van der Waals surface area contributed by atoms with E-state index >= 15 is 0 Å². The summed E-state index contributed by atoms with van der Waals surface area (Å²) in [6.07, 6.45) is 16.5. The second-order valence-corrected chi connectivity index (χ2v) is 12.5. The van der Waals surface area contributed by atoms with Gasteiger partial charge in [0.1, 0.15) is 11.5 Å². The SMILES string of the molecule is OC1C2C(CCC[C@@H]1C1CCCC1)CC[C@H](C1CCCC1)C2O.[Ir].[c-]1ccccc1-c1nc2ccccc2o1. The number of hydrogen-bond donors (Lipinski definition) is 2. The molecule has 5 heteroatoms. The molecular formula is C34H44IrNO3-. The molecule has 4 fully saturated rings. The quantitative estimate of drug-likeness (QED) is 0.273. The number of benzene rings is 2. The van der Waals surface area contributed by atoms with E-state index in [1.54, 1.807) is 0 Å². The predicted molar refractivity (Wildman–Crippen MR) is 151 cm³/mol. The van der Waals surface area contributed by atoms with Crippen molar-refractivity contribution in [1.82, 2.24) is 4.98 Å². The van der Waals surface area contributed by atoms with Crippen molar-refractivity contribution < 1.29 is 34.7 Å². The van der Waals surface area contributed by atoms with Gasteiger partial charge in [0.2, 0.25) is 0 Å². The van der Waals surface area contributed by atoms with Crippen molar-refractivity contribution in [2.45, 2.75) is 95.7 Å². The van der Waals surface area contributed by atoms with Gasteiger partial charge in [0.05, 0.1) is 17.7 Å². The average Bonchev–Trinajstić information content (AvgIpc) is 3.73. The molecule has 4 saturated carbocycles. The third-order valence-electron chi connectivity index (χ3n) is 10.4. The summed E-state index contributed by atoms with van der Waals surface area (Å²) >= 11 is 0. The van der Waals surface area contributed by atoms with Crippen molar-refractivity contribution in [3.8, 4) is 11.5 Å². The van der Waals surface area contributed by atoms with Crippen LogP contribution in [0.5, 0.6) is 0 Å². The summed E-state index contributed by atoms with van der Waals surface area (Å²) in [5.41, 5.74) is 2.57. The van der Waals surface area contributed by atoms with Crippen LogP contribution in [-0.4, -0.2) is 27.4 Å². The molecule has 0 saturated heterocycles. The molecule has 7 rings (SSSR count). The Hall–Kier alpha value is -1.52. The van der Waals surface area contributed by atoms with Crippen molar-refractivity contribution in [3.63, 3.8) is 0 Å². The number of aliphatic hydroxyl groups is 2. The van der Waals surface area contributed by atoms with E-state index in [4.69, 9.17) is 4.42 Å². The van der Waals surface area contributed by atoms with Gasteiger partial charge in [-0.05, 0) is 67.4 Å². The van der Waals surface area contributed by atoms with Crippen LogP contribution in [-0.2, 0) is 20.1 Å². The van der Waals surface area contributed by atoms with Crippen molar-refractivity contribution in [2.24, 2.45) is 35.5 Å². The van der Waals surface area contributed by atoms with Gasteiger partial charge in [-0.2, -0.15) is 0 Å². The number of aliphatic hydroxyl groups excluding tert-OH is 2. The zero-order chi connectivity index (χ0) is 25.9. The van der Waals surface area contributed by atoms with Crippen molar-refractivity contribution in [3.05, 3.63) is 54.6 Å². The Kier molecular flexibility index (Phi) is 9.98. The molecule has 213 valence electrons. The van der Waals surface area contributed by atoms with E-state index in [-0.39, 0.29) is 38.2 Å². The number of rotatable bonds is 3. The molecule has 2 N–H and O–H groups in total. The van der Waals surface area contributed by atoms with Crippen LogP contribution >= 0.6 is 0 Å². The standard InChI is InChI=1S/C21H36O2.C13H8NO.Ir/c22-20-17(14-6-1-2-7-14)11-5-10-16-12-13-18(21(23)19(16)20)15-8-3-4-9-15;1-2-6-10(7-3-1)13-14-11-8-4-5-9-12(11)15-13;/h14-23H,1-13H2;1-6,8-9H;/q;-1;/t16?,17-,18-,19?,20?,21?;;/m1../s1. The maximum Gasteiger partial charge on any atom is 0.141 e. The maximum absolute atomic E-state index is 11.3. The molecule has 4 nitrogen and oxygen atoms in total. The van der Waals surface area contributed by atoms with E-state index in [1.807, 2.05) is 48.5 Å². The molecule has 0 bridgehead atoms. The number of hydrogen-bond acceptors (Lipinski definition) is 4. The fraction of sp³-hybridized carbons (Fsp3) is 0.618. The molecule has 4 unspecified atom stereocenters. The first-order valence-corrected chi connectivity index (χ1v) is 15.4. The van der Waals surface area contributed by atoms with Gasteiger partial charge in [0.25, 0.3) is 0 Å². The molecule has 0 spiro atoms. The minimum Gasteiger partial charge on any atom is -0.481 e. The molecule has 1 aromatic heterocycles. The first-order valence-electron chi connectivity index (χ1n) is 15.4. The van der Waals surface area contributed by atoms with Crippen LogP contribution in [0.3, 0.4) is 0 Å². The first kappa shape index (κ1) is 29.0. The summed E-state index contributed by atoms with van der Waals surface area (Å²) in [6, 6.07) is 18.5. The summed E-state index contributed by atoms with van der Waals surface area (Å²) < 4.78 is 5.61. The second kappa shape index (κ2) is 13.4. The predicted octanol–water partition coefficient (Wildman–Crippen LogP) is 7.82. The summed E-state index contributed by atoms with van der Waals surface area (Å²) in [5, 5.41) is 22.5. The number of oxazole rings is 1. The smallest absolute Gasteiger partial charge is 0.141 e. The fourth-order valence-electron chi connectivity index (χ4n) is 8.54. The Labute approximate surface area is 247 Å². The zero-order valence-electron chi connectivity index (χ0n) is 23.0. The Balaban J connectivity index is 0.000000167. The third kappa shape index (κ3) is 6.37. The van der Waals surface area contributed by atoms with Crippen LogP contribution in [0.2, 0.25) is 0 Å². The van der Waals surface area contributed by atoms with Gasteiger partial charge in [-0.3, -0.25) is 4.98 Å². The molecule has 0 aliphatic heterocycles. The molecule has 6 atom stereocenters. The molecule has 4 aliphatic rings. The monoisotopic (exact) mass is 707 g/mol. The molecule has 2 aromatic carbocycles. The molecule has 3 aromatic rings. The van der Waals surface area contributed by atoms with E-state index in [0.717, 1.165) is 28.5 Å². The Morgan fingerprint density at radius 3 is 1.92 bits per heavy atom. The summed E-state index contributed by atoms with van der Waals surface area (Å²) in [6.45, 7) is 0. The summed E-state index contributed by atoms with van der Waals surface area (Å²) in [7, 11) is 0.